The Morgan fingerprint density at radius 2 is 1.90 bits per heavy atom. The van der Waals surface area contributed by atoms with Gasteiger partial charge in [-0.25, -0.2) is 9.97 Å². The lowest BCUT2D eigenvalue weighted by Gasteiger charge is -2.10. The van der Waals surface area contributed by atoms with Crippen molar-refractivity contribution in [1.82, 2.24) is 19.9 Å². The number of halogens is 5. The highest BCUT2D eigenvalue weighted by Gasteiger charge is 2.30. The monoisotopic (exact) mass is 435 g/mol. The van der Waals surface area contributed by atoms with E-state index in [0.717, 1.165) is 29.3 Å². The Balaban J connectivity index is 1.47. The van der Waals surface area contributed by atoms with Gasteiger partial charge in [-0.15, -0.1) is 0 Å². The topological polar surface area (TPSA) is 66.5 Å². The average Bonchev–Trinajstić information content (AvgIpc) is 3.10. The van der Waals surface area contributed by atoms with E-state index >= 15 is 0 Å². The fourth-order valence-corrected chi connectivity index (χ4v) is 3.17. The van der Waals surface area contributed by atoms with Crippen molar-refractivity contribution in [2.45, 2.75) is 19.1 Å². The third kappa shape index (κ3) is 4.35. The first-order chi connectivity index (χ1) is 14.3. The first kappa shape index (κ1) is 20.1. The Morgan fingerprint density at radius 1 is 1.07 bits per heavy atom. The number of aromatic nitrogens is 4. The van der Waals surface area contributed by atoms with Crippen molar-refractivity contribution in [3.63, 3.8) is 0 Å². The van der Waals surface area contributed by atoms with Gasteiger partial charge in [-0.2, -0.15) is 17.6 Å². The van der Waals surface area contributed by atoms with Crippen molar-refractivity contribution in [3.05, 3.63) is 82.3 Å². The molecule has 0 aromatic carbocycles. The minimum Gasteiger partial charge on any atom is -0.364 e. The molecule has 0 aliphatic carbocycles. The summed E-state index contributed by atoms with van der Waals surface area (Å²) in [7, 11) is 0. The molecule has 0 aliphatic rings. The van der Waals surface area contributed by atoms with Gasteiger partial charge in [0.15, 0.2) is 0 Å². The molecular weight excluding hydrogens is 422 g/mol. The summed E-state index contributed by atoms with van der Waals surface area (Å²) < 4.78 is 52.8. The molecule has 0 fully saturated rings. The van der Waals surface area contributed by atoms with Gasteiger partial charge >= 0.3 is 6.18 Å². The maximum absolute atomic E-state index is 14.5. The van der Waals surface area contributed by atoms with E-state index in [0.29, 0.717) is 16.2 Å². The van der Waals surface area contributed by atoms with Gasteiger partial charge in [0.1, 0.15) is 11.5 Å². The number of H-pyrrole nitrogens is 1. The smallest absolute Gasteiger partial charge is 0.364 e. The maximum Gasteiger partial charge on any atom is 0.416 e. The summed E-state index contributed by atoms with van der Waals surface area (Å²) in [4.78, 5) is 14.9. The summed E-state index contributed by atoms with van der Waals surface area (Å²) in [6.07, 6.45) is 0.159. The number of anilines is 1. The zero-order valence-electron chi connectivity index (χ0n) is 15.3. The molecule has 4 heterocycles. The number of aromatic amines is 1. The number of nitrogens with zero attached hydrogens (tertiary/aromatic N) is 3. The first-order valence-electron chi connectivity index (χ1n) is 8.82. The van der Waals surface area contributed by atoms with E-state index in [1.807, 2.05) is 0 Å². The number of hydrogen-bond acceptors (Lipinski definition) is 4. The molecule has 30 heavy (non-hydrogen) atoms. The van der Waals surface area contributed by atoms with Crippen LogP contribution in [0.5, 0.6) is 0 Å². The van der Waals surface area contributed by atoms with E-state index in [1.165, 1.54) is 6.20 Å². The normalized spacial score (nSPS) is 11.8. The van der Waals surface area contributed by atoms with Crippen LogP contribution in [0, 0.1) is 5.95 Å². The van der Waals surface area contributed by atoms with Gasteiger partial charge in [0.25, 0.3) is 0 Å². The van der Waals surface area contributed by atoms with Crippen LogP contribution in [-0.4, -0.2) is 19.9 Å². The maximum atomic E-state index is 14.5. The van der Waals surface area contributed by atoms with Crippen molar-refractivity contribution >= 4 is 28.5 Å². The number of nitrogens with one attached hydrogen (secondary N) is 2. The minimum absolute atomic E-state index is 0.0255. The molecule has 0 amide bonds. The fraction of sp³-hybridized carbons (Fsp3) is 0.150. The van der Waals surface area contributed by atoms with E-state index in [-0.39, 0.29) is 24.5 Å². The van der Waals surface area contributed by atoms with Crippen LogP contribution in [0.15, 0.2) is 48.9 Å². The van der Waals surface area contributed by atoms with Gasteiger partial charge in [0.2, 0.25) is 5.95 Å². The van der Waals surface area contributed by atoms with Crippen molar-refractivity contribution in [1.29, 1.82) is 0 Å². The zero-order valence-corrected chi connectivity index (χ0v) is 16.0. The summed E-state index contributed by atoms with van der Waals surface area (Å²) >= 11 is 5.98. The third-order valence-electron chi connectivity index (χ3n) is 4.48. The van der Waals surface area contributed by atoms with Crippen molar-refractivity contribution in [2.24, 2.45) is 0 Å². The van der Waals surface area contributed by atoms with E-state index in [4.69, 9.17) is 11.6 Å². The van der Waals surface area contributed by atoms with E-state index in [9.17, 15) is 17.6 Å². The van der Waals surface area contributed by atoms with E-state index in [2.05, 4.69) is 25.3 Å². The van der Waals surface area contributed by atoms with Crippen molar-refractivity contribution < 1.29 is 17.6 Å². The van der Waals surface area contributed by atoms with Crippen LogP contribution in [-0.2, 0) is 19.1 Å². The van der Waals surface area contributed by atoms with Crippen LogP contribution in [0.4, 0.5) is 23.4 Å². The van der Waals surface area contributed by atoms with Crippen molar-refractivity contribution in [2.75, 3.05) is 5.32 Å². The SMILES string of the molecule is Fc1nc(NCc2cc(C(F)(F)F)ccn2)ccc1Cc1c[nH]c2ncc(Cl)cc12. The fourth-order valence-electron chi connectivity index (χ4n) is 3.01. The number of fused-ring (bicyclic) bond motifs is 1. The molecule has 0 unspecified atom stereocenters. The molecule has 4 rings (SSSR count). The largest absolute Gasteiger partial charge is 0.416 e. The quantitative estimate of drug-likeness (QED) is 0.327. The van der Waals surface area contributed by atoms with Crippen LogP contribution >= 0.6 is 11.6 Å². The summed E-state index contributed by atoms with van der Waals surface area (Å²) in [5, 5.41) is 4.06. The Morgan fingerprint density at radius 3 is 2.67 bits per heavy atom. The highest BCUT2D eigenvalue weighted by molar-refractivity contribution is 6.31. The predicted molar refractivity (Wildman–Crippen MR) is 105 cm³/mol. The molecule has 2 N–H and O–H groups in total. The van der Waals surface area contributed by atoms with Gasteiger partial charge < -0.3 is 10.3 Å². The van der Waals surface area contributed by atoms with E-state index < -0.39 is 17.7 Å². The second-order valence-electron chi connectivity index (χ2n) is 6.57. The lowest BCUT2D eigenvalue weighted by molar-refractivity contribution is -0.137. The van der Waals surface area contributed by atoms with Crippen LogP contribution in [0.2, 0.25) is 5.02 Å². The Labute approximate surface area is 173 Å². The number of pyridine rings is 3. The van der Waals surface area contributed by atoms with Crippen molar-refractivity contribution in [3.8, 4) is 0 Å². The van der Waals surface area contributed by atoms with Gasteiger partial charge in [-0.05, 0) is 29.8 Å². The lowest BCUT2D eigenvalue weighted by Crippen LogP contribution is -2.09. The van der Waals surface area contributed by atoms with Gasteiger partial charge in [-0.3, -0.25) is 4.98 Å². The van der Waals surface area contributed by atoms with Gasteiger partial charge in [0.05, 0.1) is 22.8 Å². The number of hydrogen-bond donors (Lipinski definition) is 2. The van der Waals surface area contributed by atoms with E-state index in [1.54, 1.807) is 24.4 Å². The first-order valence-corrected chi connectivity index (χ1v) is 9.20. The van der Waals surface area contributed by atoms with Crippen LogP contribution < -0.4 is 5.32 Å². The zero-order chi connectivity index (χ0) is 21.3. The highest BCUT2D eigenvalue weighted by atomic mass is 35.5. The van der Waals surface area contributed by atoms with Gasteiger partial charge in [-0.1, -0.05) is 17.7 Å². The van der Waals surface area contributed by atoms with Crippen LogP contribution in [0.25, 0.3) is 11.0 Å². The molecule has 0 aliphatic heterocycles. The molecule has 0 radical (unpaired) electrons. The molecule has 0 spiro atoms. The Kier molecular flexibility index (Phi) is 5.29. The molecule has 0 atom stereocenters. The van der Waals surface area contributed by atoms with Crippen LogP contribution in [0.3, 0.4) is 0 Å². The molecule has 0 bridgehead atoms. The Bertz CT molecular complexity index is 1210. The number of alkyl halides is 3. The molecule has 10 heteroatoms. The molecule has 4 aromatic rings. The predicted octanol–water partition coefficient (Wildman–Crippen LogP) is 5.37. The second-order valence-corrected chi connectivity index (χ2v) is 7.01. The standard InChI is InChI=1S/C20H14ClF4N5/c21-14-7-16-12(8-28-19(16)29-9-14)5-11-1-2-17(30-18(11)22)27-10-15-6-13(3-4-26-15)20(23,24)25/h1-4,6-9H,5,10H2,(H,27,30)(H,28,29). The number of rotatable bonds is 5. The molecule has 4 aromatic heterocycles. The average molecular weight is 436 g/mol. The Hall–Kier alpha value is -3.20. The second kappa shape index (κ2) is 7.91. The summed E-state index contributed by atoms with van der Waals surface area (Å²) in [6.45, 7) is -0.0255. The summed E-state index contributed by atoms with van der Waals surface area (Å²) in [5.41, 5.74) is 1.19. The molecule has 0 saturated heterocycles. The lowest BCUT2D eigenvalue weighted by atomic mass is 10.1. The highest BCUT2D eigenvalue weighted by Crippen LogP contribution is 2.29. The molecule has 154 valence electrons. The molecular formula is C20H14ClF4N5. The third-order valence-corrected chi connectivity index (χ3v) is 4.69. The van der Waals surface area contributed by atoms with Crippen LogP contribution in [0.1, 0.15) is 22.4 Å². The molecule has 5 nitrogen and oxygen atoms in total. The minimum atomic E-state index is -4.45. The van der Waals surface area contributed by atoms with Gasteiger partial charge in [0, 0.05) is 36.0 Å². The summed E-state index contributed by atoms with van der Waals surface area (Å²) in [6, 6.07) is 6.71. The molecule has 0 saturated carbocycles. The summed E-state index contributed by atoms with van der Waals surface area (Å²) in [5.74, 6) is -0.486.